The Morgan fingerprint density at radius 2 is 1.47 bits per heavy atom. The molecule has 3 rings (SSSR count). The zero-order valence-corrected chi connectivity index (χ0v) is 16.1. The number of fused-ring (bicyclic) bond motifs is 1. The molecule has 4 N–H and O–H groups in total. The lowest BCUT2D eigenvalue weighted by molar-refractivity contribution is -0.134. The first-order chi connectivity index (χ1) is 14.2. The van der Waals surface area contributed by atoms with Crippen LogP contribution in [-0.4, -0.2) is 47.4 Å². The van der Waals surface area contributed by atoms with Crippen LogP contribution in [0.4, 0.5) is 5.69 Å². The van der Waals surface area contributed by atoms with Crippen LogP contribution in [0.15, 0.2) is 48.6 Å². The van der Waals surface area contributed by atoms with E-state index in [-0.39, 0.29) is 11.7 Å². The van der Waals surface area contributed by atoms with E-state index in [1.807, 2.05) is 0 Å². The lowest BCUT2D eigenvalue weighted by Crippen LogP contribution is -2.03. The number of nitrogens with one attached hydrogen (secondary N) is 1. The Kier molecular flexibility index (Phi) is 7.18. The Hall–Kier alpha value is -4.27. The smallest absolute Gasteiger partial charge is 0.328 e. The van der Waals surface area contributed by atoms with Crippen LogP contribution < -0.4 is 14.8 Å². The van der Waals surface area contributed by atoms with E-state index in [9.17, 15) is 19.5 Å². The van der Waals surface area contributed by atoms with Crippen LogP contribution in [-0.2, 0) is 14.4 Å². The number of phenols is 1. The lowest BCUT2D eigenvalue weighted by atomic mass is 10.0. The van der Waals surface area contributed by atoms with Crippen LogP contribution in [0.1, 0.15) is 11.1 Å². The number of phenolic OH excluding ortho intramolecular Hbond substituents is 1. The molecule has 2 aromatic carbocycles. The van der Waals surface area contributed by atoms with Gasteiger partial charge in [-0.15, -0.1) is 0 Å². The van der Waals surface area contributed by atoms with Gasteiger partial charge < -0.3 is 30.1 Å². The van der Waals surface area contributed by atoms with Gasteiger partial charge in [-0.1, -0.05) is 12.1 Å². The van der Waals surface area contributed by atoms with E-state index >= 15 is 0 Å². The van der Waals surface area contributed by atoms with Crippen LogP contribution in [0.2, 0.25) is 0 Å². The SMILES string of the molecule is COc1cc2c(cc1OC)/C(=C\c1ccc(O)cc1)C(=O)N2.O=C(O)/C=C\C(=O)O. The zero-order valence-electron chi connectivity index (χ0n) is 16.1. The number of aromatic hydroxyl groups is 1. The number of carbonyl (C=O) groups excluding carboxylic acids is 1. The number of carboxylic acid groups (broad SMARTS) is 2. The fourth-order valence-electron chi connectivity index (χ4n) is 2.54. The molecule has 0 atom stereocenters. The summed E-state index contributed by atoms with van der Waals surface area (Å²) in [5.41, 5.74) is 2.82. The number of carbonyl (C=O) groups is 3. The molecule has 0 aliphatic carbocycles. The molecule has 0 unspecified atom stereocenters. The van der Waals surface area contributed by atoms with E-state index in [2.05, 4.69) is 5.32 Å². The first-order valence-corrected chi connectivity index (χ1v) is 8.47. The first-order valence-electron chi connectivity index (χ1n) is 8.47. The lowest BCUT2D eigenvalue weighted by Gasteiger charge is -2.09. The van der Waals surface area contributed by atoms with Gasteiger partial charge in [-0.25, -0.2) is 9.59 Å². The van der Waals surface area contributed by atoms with Gasteiger partial charge in [-0.2, -0.15) is 0 Å². The summed E-state index contributed by atoms with van der Waals surface area (Å²) in [4.78, 5) is 31.3. The molecule has 0 bridgehead atoms. The number of hydrogen-bond donors (Lipinski definition) is 4. The van der Waals surface area contributed by atoms with Gasteiger partial charge in [-0.3, -0.25) is 4.79 Å². The molecule has 0 spiro atoms. The summed E-state index contributed by atoms with van der Waals surface area (Å²) in [7, 11) is 3.10. The summed E-state index contributed by atoms with van der Waals surface area (Å²) in [6, 6.07) is 10.2. The van der Waals surface area contributed by atoms with Crippen molar-refractivity contribution in [3.8, 4) is 17.2 Å². The summed E-state index contributed by atoms with van der Waals surface area (Å²) in [6.45, 7) is 0. The van der Waals surface area contributed by atoms with E-state index < -0.39 is 11.9 Å². The molecular weight excluding hydrogens is 394 g/mol. The summed E-state index contributed by atoms with van der Waals surface area (Å²) < 4.78 is 10.5. The predicted octanol–water partition coefficient (Wildman–Crippen LogP) is 2.61. The average molecular weight is 413 g/mol. The minimum absolute atomic E-state index is 0.182. The Morgan fingerprint density at radius 3 is 1.97 bits per heavy atom. The monoisotopic (exact) mass is 413 g/mol. The van der Waals surface area contributed by atoms with E-state index in [1.54, 1.807) is 56.7 Å². The second kappa shape index (κ2) is 9.78. The fourth-order valence-corrected chi connectivity index (χ4v) is 2.54. The molecule has 0 saturated carbocycles. The van der Waals surface area contributed by atoms with E-state index in [0.29, 0.717) is 34.9 Å². The molecule has 30 heavy (non-hydrogen) atoms. The standard InChI is InChI=1S/C17H15NO4.C4H4O4/c1-21-15-8-12-13(7-10-3-5-11(19)6-4-10)17(20)18-14(12)9-16(15)22-2;5-3(6)1-2-4(7)8/h3-9,19H,1-2H3,(H,18,20);1-2H,(H,5,6)(H,7,8)/b13-7+;2-1-. The summed E-state index contributed by atoms with van der Waals surface area (Å²) in [6.07, 6.45) is 2.89. The van der Waals surface area contributed by atoms with Crippen molar-refractivity contribution in [1.82, 2.24) is 0 Å². The number of amides is 1. The largest absolute Gasteiger partial charge is 0.508 e. The van der Waals surface area contributed by atoms with Crippen molar-refractivity contribution in [1.29, 1.82) is 0 Å². The van der Waals surface area contributed by atoms with Crippen molar-refractivity contribution in [3.05, 3.63) is 59.7 Å². The first kappa shape index (κ1) is 22.0. The number of aliphatic carboxylic acids is 2. The quantitative estimate of drug-likeness (QED) is 0.548. The van der Waals surface area contributed by atoms with Crippen molar-refractivity contribution >= 4 is 35.2 Å². The molecule has 1 heterocycles. The second-order valence-corrected chi connectivity index (χ2v) is 5.87. The predicted molar refractivity (Wildman–Crippen MR) is 109 cm³/mol. The molecule has 1 aliphatic heterocycles. The molecule has 0 radical (unpaired) electrons. The Labute approximate surface area is 171 Å². The van der Waals surface area contributed by atoms with Gasteiger partial charge in [-0.05, 0) is 29.8 Å². The van der Waals surface area contributed by atoms with E-state index in [0.717, 1.165) is 11.1 Å². The maximum absolute atomic E-state index is 12.2. The maximum atomic E-state index is 12.2. The number of anilines is 1. The van der Waals surface area contributed by atoms with Crippen molar-refractivity contribution in [2.24, 2.45) is 0 Å². The number of benzene rings is 2. The van der Waals surface area contributed by atoms with Gasteiger partial charge in [0.1, 0.15) is 5.75 Å². The molecule has 156 valence electrons. The topological polar surface area (TPSA) is 142 Å². The van der Waals surface area contributed by atoms with Gasteiger partial charge >= 0.3 is 11.9 Å². The van der Waals surface area contributed by atoms with Crippen molar-refractivity contribution < 1.29 is 39.2 Å². The van der Waals surface area contributed by atoms with Gasteiger partial charge in [0.05, 0.1) is 19.9 Å². The van der Waals surface area contributed by atoms with Crippen LogP contribution in [0.3, 0.4) is 0 Å². The molecule has 1 aliphatic rings. The Bertz CT molecular complexity index is 1010. The van der Waals surface area contributed by atoms with Crippen LogP contribution >= 0.6 is 0 Å². The van der Waals surface area contributed by atoms with Gasteiger partial charge in [0, 0.05) is 29.4 Å². The Morgan fingerprint density at radius 1 is 0.933 bits per heavy atom. The highest BCUT2D eigenvalue weighted by atomic mass is 16.5. The second-order valence-electron chi connectivity index (χ2n) is 5.87. The highest BCUT2D eigenvalue weighted by molar-refractivity contribution is 6.35. The van der Waals surface area contributed by atoms with Gasteiger partial charge in [0.25, 0.3) is 5.91 Å². The van der Waals surface area contributed by atoms with Crippen molar-refractivity contribution in [2.75, 3.05) is 19.5 Å². The molecule has 1 amide bonds. The molecular formula is C21H19NO8. The normalized spacial score (nSPS) is 13.3. The highest BCUT2D eigenvalue weighted by Gasteiger charge is 2.26. The number of hydrogen-bond acceptors (Lipinski definition) is 6. The van der Waals surface area contributed by atoms with Gasteiger partial charge in [0.2, 0.25) is 0 Å². The molecule has 0 fully saturated rings. The number of carboxylic acids is 2. The Balaban J connectivity index is 0.000000343. The zero-order chi connectivity index (χ0) is 22.3. The molecule has 0 aromatic heterocycles. The number of rotatable bonds is 5. The van der Waals surface area contributed by atoms with E-state index in [4.69, 9.17) is 19.7 Å². The van der Waals surface area contributed by atoms with Crippen LogP contribution in [0.5, 0.6) is 17.2 Å². The molecule has 9 nitrogen and oxygen atoms in total. The third kappa shape index (κ3) is 5.61. The van der Waals surface area contributed by atoms with Crippen molar-refractivity contribution in [3.63, 3.8) is 0 Å². The highest BCUT2D eigenvalue weighted by Crippen LogP contribution is 2.41. The fraction of sp³-hybridized carbons (Fsp3) is 0.0952. The molecule has 9 heteroatoms. The molecule has 0 saturated heterocycles. The minimum Gasteiger partial charge on any atom is -0.508 e. The van der Waals surface area contributed by atoms with Gasteiger partial charge in [0.15, 0.2) is 11.5 Å². The molecule has 2 aromatic rings. The summed E-state index contributed by atoms with van der Waals surface area (Å²) >= 11 is 0. The summed E-state index contributed by atoms with van der Waals surface area (Å²) in [5.74, 6) is -1.38. The number of methoxy groups -OCH3 is 2. The number of ether oxygens (including phenoxy) is 2. The third-order valence-corrected chi connectivity index (χ3v) is 3.88. The van der Waals surface area contributed by atoms with Crippen LogP contribution in [0.25, 0.3) is 11.6 Å². The minimum atomic E-state index is -1.26. The average Bonchev–Trinajstić information content (AvgIpc) is 3.01. The summed E-state index contributed by atoms with van der Waals surface area (Å²) in [5, 5.41) is 27.8. The maximum Gasteiger partial charge on any atom is 0.328 e. The van der Waals surface area contributed by atoms with Crippen molar-refractivity contribution in [2.45, 2.75) is 0 Å². The van der Waals surface area contributed by atoms with E-state index in [1.165, 1.54) is 0 Å². The van der Waals surface area contributed by atoms with Crippen LogP contribution in [0, 0.1) is 0 Å². The third-order valence-electron chi connectivity index (χ3n) is 3.88.